The number of carbonyl (C=O) groups excluding carboxylic acids is 1. The molecule has 0 saturated carbocycles. The van der Waals surface area contributed by atoms with Crippen LogP contribution in [0.1, 0.15) is 12.5 Å². The lowest BCUT2D eigenvalue weighted by atomic mass is 9.85. The van der Waals surface area contributed by atoms with Gasteiger partial charge < -0.3 is 5.41 Å². The Kier molecular flexibility index (Phi) is 5.31. The van der Waals surface area contributed by atoms with Gasteiger partial charge in [0.2, 0.25) is 15.6 Å². The van der Waals surface area contributed by atoms with E-state index < -0.39 is 21.5 Å². The zero-order valence-corrected chi connectivity index (χ0v) is 15.9. The second kappa shape index (κ2) is 6.85. The van der Waals surface area contributed by atoms with Crippen LogP contribution in [-0.2, 0) is 19.7 Å². The van der Waals surface area contributed by atoms with Crippen molar-refractivity contribution in [2.24, 2.45) is 5.10 Å². The van der Waals surface area contributed by atoms with E-state index in [1.54, 1.807) is 0 Å². The Morgan fingerprint density at radius 1 is 1.31 bits per heavy atom. The van der Waals surface area contributed by atoms with E-state index in [4.69, 9.17) is 10.2 Å². The number of hydrogen-bond donors (Lipinski definition) is 2. The van der Waals surface area contributed by atoms with E-state index in [0.29, 0.717) is 5.56 Å². The summed E-state index contributed by atoms with van der Waals surface area (Å²) < 4.78 is 25.5. The average Bonchev–Trinajstić information content (AvgIpc) is 2.86. The first kappa shape index (κ1) is 20.1. The third-order valence-corrected chi connectivity index (χ3v) is 5.93. The Labute approximate surface area is 151 Å². The fourth-order valence-corrected chi connectivity index (χ4v) is 3.56. The van der Waals surface area contributed by atoms with Crippen molar-refractivity contribution in [3.63, 3.8) is 0 Å². The third-order valence-electron chi connectivity index (χ3n) is 4.11. The highest BCUT2D eigenvalue weighted by molar-refractivity contribution is 7.89. The summed E-state index contributed by atoms with van der Waals surface area (Å²) in [6.07, 6.45) is 0. The van der Waals surface area contributed by atoms with Crippen LogP contribution in [0.4, 0.5) is 0 Å². The molecule has 1 aromatic rings. The predicted octanol–water partition coefficient (Wildman–Crippen LogP) is 0.144. The maximum atomic E-state index is 12.7. The summed E-state index contributed by atoms with van der Waals surface area (Å²) in [6, 6.07) is 5.66. The van der Waals surface area contributed by atoms with Crippen molar-refractivity contribution in [1.82, 2.24) is 14.5 Å². The second-order valence-electron chi connectivity index (χ2n) is 5.88. The smallest absolute Gasteiger partial charge is 0.280 e. The molecule has 0 saturated heterocycles. The van der Waals surface area contributed by atoms with Gasteiger partial charge in [-0.3, -0.25) is 14.8 Å². The number of hydroxylamine groups is 2. The van der Waals surface area contributed by atoms with Crippen molar-refractivity contribution in [3.8, 4) is 0 Å². The molecule has 1 aliphatic rings. The van der Waals surface area contributed by atoms with E-state index in [1.165, 1.54) is 52.3 Å². The quantitative estimate of drug-likeness (QED) is 0.532. The van der Waals surface area contributed by atoms with Gasteiger partial charge in [0.05, 0.1) is 12.0 Å². The van der Waals surface area contributed by atoms with E-state index in [0.717, 1.165) is 16.4 Å². The van der Waals surface area contributed by atoms with E-state index in [9.17, 15) is 18.4 Å². The van der Waals surface area contributed by atoms with E-state index in [2.05, 4.69) is 5.10 Å². The number of nitrogens with one attached hydrogen (secondary N) is 1. The number of hydrazone groups is 1. The predicted molar refractivity (Wildman–Crippen MR) is 93.4 cm³/mol. The van der Waals surface area contributed by atoms with Crippen LogP contribution in [0, 0.1) is 5.41 Å². The molecule has 0 bridgehead atoms. The molecular formula is C15H21N5O5S. The fourth-order valence-electron chi connectivity index (χ4n) is 2.66. The Bertz CT molecular complexity index is 865. The first-order chi connectivity index (χ1) is 12.0. The Morgan fingerprint density at radius 2 is 1.85 bits per heavy atom. The number of nitrogens with zero attached hydrogens (tertiary/aromatic N) is 4. The van der Waals surface area contributed by atoms with Crippen LogP contribution in [0.5, 0.6) is 0 Å². The summed E-state index contributed by atoms with van der Waals surface area (Å²) in [5.41, 5.74) is -1.75. The minimum atomic E-state index is -3.62. The van der Waals surface area contributed by atoms with Gasteiger partial charge in [-0.05, 0) is 24.3 Å². The molecule has 10 nitrogen and oxygen atoms in total. The van der Waals surface area contributed by atoms with Gasteiger partial charge in [-0.15, -0.1) is 0 Å². The number of hydrogen-bond acceptors (Lipinski definition) is 8. The van der Waals surface area contributed by atoms with Crippen molar-refractivity contribution >= 4 is 27.4 Å². The third kappa shape index (κ3) is 2.83. The maximum Gasteiger partial charge on any atom is 0.280 e. The van der Waals surface area contributed by atoms with Crippen LogP contribution in [0.3, 0.4) is 0 Å². The van der Waals surface area contributed by atoms with Crippen LogP contribution in [0.15, 0.2) is 34.3 Å². The number of carbonyl (C=O) groups is 1. The lowest BCUT2D eigenvalue weighted by Gasteiger charge is -2.32. The lowest BCUT2D eigenvalue weighted by molar-refractivity contribution is -0.343. The summed E-state index contributed by atoms with van der Waals surface area (Å²) in [5.74, 6) is -0.672. The van der Waals surface area contributed by atoms with Crippen LogP contribution < -0.4 is 0 Å². The van der Waals surface area contributed by atoms with Gasteiger partial charge in [0, 0.05) is 32.4 Å². The highest BCUT2D eigenvalue weighted by atomic mass is 32.2. The first-order valence-electron chi connectivity index (χ1n) is 7.50. The van der Waals surface area contributed by atoms with Crippen LogP contribution in [-0.4, -0.2) is 79.3 Å². The van der Waals surface area contributed by atoms with Gasteiger partial charge in [-0.1, -0.05) is 12.1 Å². The SMILES string of the molecule is CON(O)C1(C(C)=N)C(=O)N(C)N=C1c1ccc(S(=O)(=O)N(C)C)cc1. The number of amides is 1. The summed E-state index contributed by atoms with van der Waals surface area (Å²) >= 11 is 0. The first-order valence-corrected chi connectivity index (χ1v) is 8.94. The van der Waals surface area contributed by atoms with E-state index in [-0.39, 0.29) is 21.5 Å². The van der Waals surface area contributed by atoms with Gasteiger partial charge in [0.25, 0.3) is 5.91 Å². The van der Waals surface area contributed by atoms with Crippen LogP contribution in [0.25, 0.3) is 0 Å². The van der Waals surface area contributed by atoms with Gasteiger partial charge >= 0.3 is 0 Å². The second-order valence-corrected chi connectivity index (χ2v) is 8.03. The number of sulfonamides is 1. The van der Waals surface area contributed by atoms with Crippen molar-refractivity contribution in [2.75, 3.05) is 28.3 Å². The van der Waals surface area contributed by atoms with E-state index in [1.807, 2.05) is 0 Å². The topological polar surface area (TPSA) is 127 Å². The highest BCUT2D eigenvalue weighted by Gasteiger charge is 2.58. The fraction of sp³-hybridized carbons (Fsp3) is 0.400. The molecule has 1 unspecified atom stereocenters. The Hall–Kier alpha value is -2.18. The van der Waals surface area contributed by atoms with Gasteiger partial charge in [0.1, 0.15) is 5.71 Å². The van der Waals surface area contributed by atoms with Crippen molar-refractivity contribution < 1.29 is 23.3 Å². The monoisotopic (exact) mass is 383 g/mol. The van der Waals surface area contributed by atoms with E-state index >= 15 is 0 Å². The molecule has 0 spiro atoms. The molecule has 0 radical (unpaired) electrons. The zero-order valence-electron chi connectivity index (χ0n) is 15.1. The molecule has 142 valence electrons. The molecule has 2 rings (SSSR count). The number of rotatable bonds is 6. The average molecular weight is 383 g/mol. The summed E-state index contributed by atoms with van der Waals surface area (Å²) in [7, 11) is 1.77. The molecule has 1 amide bonds. The van der Waals surface area contributed by atoms with Gasteiger partial charge in [-0.25, -0.2) is 17.7 Å². The molecule has 1 atom stereocenters. The standard InChI is InChI=1S/C15H21N5O5S/c1-10(16)15(20(22)25-5)13(17-19(4)14(15)21)11-6-8-12(9-7-11)26(23,24)18(2)3/h6-9,16,22H,1-5H3. The molecule has 26 heavy (non-hydrogen) atoms. The minimum Gasteiger partial charge on any atom is -0.307 e. The number of likely N-dealkylation sites (N-methyl/N-ethyl adjacent to an activating group) is 1. The van der Waals surface area contributed by atoms with Crippen LogP contribution >= 0.6 is 0 Å². The molecule has 0 aliphatic carbocycles. The molecule has 0 fully saturated rings. The molecule has 1 aromatic carbocycles. The molecule has 0 aromatic heterocycles. The Balaban J connectivity index is 2.60. The maximum absolute atomic E-state index is 12.7. The summed E-state index contributed by atoms with van der Waals surface area (Å²) in [4.78, 5) is 17.5. The molecular weight excluding hydrogens is 362 g/mol. The summed E-state index contributed by atoms with van der Waals surface area (Å²) in [5, 5.41) is 23.7. The number of benzene rings is 1. The normalized spacial score (nSPS) is 20.8. The molecule has 11 heteroatoms. The van der Waals surface area contributed by atoms with Crippen LogP contribution in [0.2, 0.25) is 0 Å². The Morgan fingerprint density at radius 3 is 2.27 bits per heavy atom. The molecule has 1 heterocycles. The highest BCUT2D eigenvalue weighted by Crippen LogP contribution is 2.31. The molecule has 2 N–H and O–H groups in total. The van der Waals surface area contributed by atoms with Crippen molar-refractivity contribution in [1.29, 1.82) is 5.41 Å². The van der Waals surface area contributed by atoms with Gasteiger partial charge in [-0.2, -0.15) is 5.10 Å². The van der Waals surface area contributed by atoms with Crippen molar-refractivity contribution in [2.45, 2.75) is 17.4 Å². The molecule has 1 aliphatic heterocycles. The van der Waals surface area contributed by atoms with Crippen molar-refractivity contribution in [3.05, 3.63) is 29.8 Å². The minimum absolute atomic E-state index is 0.0515. The largest absolute Gasteiger partial charge is 0.307 e. The van der Waals surface area contributed by atoms with Gasteiger partial charge in [0.15, 0.2) is 0 Å². The lowest BCUT2D eigenvalue weighted by Crippen LogP contribution is -2.62. The zero-order chi connectivity index (χ0) is 19.9. The summed E-state index contributed by atoms with van der Waals surface area (Å²) in [6.45, 7) is 1.35.